The van der Waals surface area contributed by atoms with Gasteiger partial charge in [-0.2, -0.15) is 0 Å². The van der Waals surface area contributed by atoms with E-state index < -0.39 is 8.07 Å². The maximum atomic E-state index is 2.51. The molecule has 1 rings (SSSR count). The van der Waals surface area contributed by atoms with Gasteiger partial charge in [0.2, 0.25) is 0 Å². The highest BCUT2D eigenvalue weighted by Crippen LogP contribution is 2.50. The van der Waals surface area contributed by atoms with Crippen LogP contribution in [-0.2, 0) is 0 Å². The highest BCUT2D eigenvalue weighted by atomic mass is 28.3. The first-order valence-electron chi connectivity index (χ1n) is 7.00. The Hall–Kier alpha value is -0.303. The van der Waals surface area contributed by atoms with Crippen LogP contribution in [0, 0.1) is 11.8 Å². The zero-order valence-electron chi connectivity index (χ0n) is 13.2. The lowest BCUT2D eigenvalue weighted by Gasteiger charge is -2.28. The number of rotatable bonds is 3. The normalized spacial score (nSPS) is 19.2. The fraction of sp³-hybridized carbons (Fsp3) is 0.750. The Bertz CT molecular complexity index is 331. The van der Waals surface area contributed by atoms with Gasteiger partial charge in [-0.15, -0.1) is 0 Å². The van der Waals surface area contributed by atoms with Gasteiger partial charge in [0.15, 0.2) is 0 Å². The third kappa shape index (κ3) is 2.59. The molecular weight excluding hydrogens is 220 g/mol. The minimum absolute atomic E-state index is 0.670. The molecule has 0 saturated carbocycles. The van der Waals surface area contributed by atoms with Crippen molar-refractivity contribution in [3.8, 4) is 0 Å². The van der Waals surface area contributed by atoms with E-state index >= 15 is 0 Å². The van der Waals surface area contributed by atoms with Crippen molar-refractivity contribution < 1.29 is 0 Å². The van der Waals surface area contributed by atoms with Crippen LogP contribution < -0.4 is 0 Å². The van der Waals surface area contributed by atoms with E-state index in [0.717, 1.165) is 5.54 Å². The Kier molecular flexibility index (Phi) is 4.13. The lowest BCUT2D eigenvalue weighted by molar-refractivity contribution is 0.699. The molecule has 0 nitrogen and oxygen atoms in total. The summed E-state index contributed by atoms with van der Waals surface area (Å²) in [5, 5.41) is 0. The number of hydrogen-bond acceptors (Lipinski definition) is 0. The SMILES string of the molecule is CC1=C(C(C)C)C(C(C)C)=C(C)C1[Si](C)(C)C. The second-order valence-electron chi connectivity index (χ2n) is 7.30. The Morgan fingerprint density at radius 1 is 0.765 bits per heavy atom. The van der Waals surface area contributed by atoms with Crippen LogP contribution in [-0.4, -0.2) is 8.07 Å². The second-order valence-corrected chi connectivity index (χ2v) is 12.6. The van der Waals surface area contributed by atoms with Gasteiger partial charge in [-0.05, 0) is 42.4 Å². The van der Waals surface area contributed by atoms with Crippen LogP contribution in [0.4, 0.5) is 0 Å². The van der Waals surface area contributed by atoms with Gasteiger partial charge in [-0.25, -0.2) is 0 Å². The molecule has 0 aromatic heterocycles. The van der Waals surface area contributed by atoms with E-state index in [1.165, 1.54) is 0 Å². The summed E-state index contributed by atoms with van der Waals surface area (Å²) < 4.78 is 0. The van der Waals surface area contributed by atoms with Crippen molar-refractivity contribution in [1.82, 2.24) is 0 Å². The fourth-order valence-corrected chi connectivity index (χ4v) is 6.80. The van der Waals surface area contributed by atoms with Crippen LogP contribution in [0.3, 0.4) is 0 Å². The molecule has 1 aliphatic carbocycles. The summed E-state index contributed by atoms with van der Waals surface area (Å²) in [4.78, 5) is 0. The van der Waals surface area contributed by atoms with E-state index in [4.69, 9.17) is 0 Å². The second kappa shape index (κ2) is 4.76. The summed E-state index contributed by atoms with van der Waals surface area (Å²) in [5.74, 6) is 1.34. The van der Waals surface area contributed by atoms with Crippen LogP contribution >= 0.6 is 0 Å². The lowest BCUT2D eigenvalue weighted by Crippen LogP contribution is -2.28. The molecule has 1 heteroatoms. The van der Waals surface area contributed by atoms with Crippen LogP contribution in [0.2, 0.25) is 25.2 Å². The summed E-state index contributed by atoms with van der Waals surface area (Å²) in [6.07, 6.45) is 0. The molecule has 0 unspecified atom stereocenters. The summed E-state index contributed by atoms with van der Waals surface area (Å²) in [6.45, 7) is 21.7. The lowest BCUT2D eigenvalue weighted by atomic mass is 9.88. The largest absolute Gasteiger partial charge is 0.0688 e. The molecule has 0 aliphatic heterocycles. The number of hydrogen-bond donors (Lipinski definition) is 0. The van der Waals surface area contributed by atoms with Crippen LogP contribution in [0.1, 0.15) is 41.5 Å². The van der Waals surface area contributed by atoms with E-state index in [1.54, 1.807) is 22.3 Å². The molecule has 0 saturated heterocycles. The van der Waals surface area contributed by atoms with Gasteiger partial charge >= 0.3 is 0 Å². The van der Waals surface area contributed by atoms with Crippen molar-refractivity contribution in [3.63, 3.8) is 0 Å². The Labute approximate surface area is 109 Å². The third-order valence-electron chi connectivity index (χ3n) is 4.03. The molecule has 0 bridgehead atoms. The highest BCUT2D eigenvalue weighted by Gasteiger charge is 2.38. The van der Waals surface area contributed by atoms with Crippen molar-refractivity contribution in [3.05, 3.63) is 22.3 Å². The van der Waals surface area contributed by atoms with Gasteiger partial charge < -0.3 is 0 Å². The summed E-state index contributed by atoms with van der Waals surface area (Å²) in [6, 6.07) is 0. The summed E-state index contributed by atoms with van der Waals surface area (Å²) >= 11 is 0. The molecule has 0 radical (unpaired) electrons. The van der Waals surface area contributed by atoms with Crippen molar-refractivity contribution in [2.45, 2.75) is 66.7 Å². The Balaban J connectivity index is 3.40. The Morgan fingerprint density at radius 3 is 1.24 bits per heavy atom. The van der Waals surface area contributed by atoms with Crippen molar-refractivity contribution in [2.75, 3.05) is 0 Å². The van der Waals surface area contributed by atoms with Gasteiger partial charge in [-0.3, -0.25) is 0 Å². The molecular formula is C16H30Si. The van der Waals surface area contributed by atoms with Gasteiger partial charge in [0.05, 0.1) is 8.07 Å². The van der Waals surface area contributed by atoms with Gasteiger partial charge in [-0.1, -0.05) is 58.5 Å². The molecule has 0 aromatic rings. The molecule has 98 valence electrons. The summed E-state index contributed by atoms with van der Waals surface area (Å²) in [7, 11) is -1.14. The van der Waals surface area contributed by atoms with E-state index in [0.29, 0.717) is 11.8 Å². The molecule has 0 heterocycles. The topological polar surface area (TPSA) is 0 Å². The molecule has 0 aromatic carbocycles. The van der Waals surface area contributed by atoms with Gasteiger partial charge in [0, 0.05) is 0 Å². The molecule has 17 heavy (non-hydrogen) atoms. The molecule has 1 aliphatic rings. The Morgan fingerprint density at radius 2 is 1.06 bits per heavy atom. The van der Waals surface area contributed by atoms with E-state index in [-0.39, 0.29) is 0 Å². The predicted molar refractivity (Wildman–Crippen MR) is 82.2 cm³/mol. The van der Waals surface area contributed by atoms with E-state index in [1.807, 2.05) is 0 Å². The first-order chi connectivity index (χ1) is 7.59. The van der Waals surface area contributed by atoms with Crippen LogP contribution in [0.5, 0.6) is 0 Å². The van der Waals surface area contributed by atoms with E-state index in [9.17, 15) is 0 Å². The zero-order valence-corrected chi connectivity index (χ0v) is 14.2. The first kappa shape index (κ1) is 14.8. The summed E-state index contributed by atoms with van der Waals surface area (Å²) in [5.41, 5.74) is 7.48. The van der Waals surface area contributed by atoms with Crippen molar-refractivity contribution in [2.24, 2.45) is 11.8 Å². The average molecular weight is 251 g/mol. The quantitative estimate of drug-likeness (QED) is 0.567. The minimum Gasteiger partial charge on any atom is -0.0688 e. The average Bonchev–Trinajstić information content (AvgIpc) is 2.35. The highest BCUT2D eigenvalue weighted by molar-refractivity contribution is 6.79. The smallest absolute Gasteiger partial charge is 0.0565 e. The van der Waals surface area contributed by atoms with Crippen LogP contribution in [0.25, 0.3) is 0 Å². The van der Waals surface area contributed by atoms with Crippen LogP contribution in [0.15, 0.2) is 22.3 Å². The molecule has 0 atom stereocenters. The molecule has 0 fully saturated rings. The van der Waals surface area contributed by atoms with Gasteiger partial charge in [0.25, 0.3) is 0 Å². The third-order valence-corrected chi connectivity index (χ3v) is 6.62. The minimum atomic E-state index is -1.14. The molecule has 0 amide bonds. The zero-order chi connectivity index (χ0) is 13.5. The van der Waals surface area contributed by atoms with Crippen molar-refractivity contribution in [1.29, 1.82) is 0 Å². The first-order valence-corrected chi connectivity index (χ1v) is 10.6. The molecule has 0 spiro atoms. The maximum Gasteiger partial charge on any atom is 0.0565 e. The fourth-order valence-electron chi connectivity index (χ4n) is 3.89. The monoisotopic (exact) mass is 250 g/mol. The standard InChI is InChI=1S/C16H30Si/c1-10(2)14-12(5)16(17(7,8)9)13(6)15(14)11(3)4/h10-11,16H,1-9H3. The molecule has 0 N–H and O–H groups in total. The van der Waals surface area contributed by atoms with Crippen molar-refractivity contribution >= 4 is 8.07 Å². The van der Waals surface area contributed by atoms with E-state index in [2.05, 4.69) is 61.2 Å². The van der Waals surface area contributed by atoms with Gasteiger partial charge in [0.1, 0.15) is 0 Å². The number of allylic oxidation sites excluding steroid dienone is 4. The maximum absolute atomic E-state index is 2.51. The predicted octanol–water partition coefficient (Wildman–Crippen LogP) is 5.65.